The number of halogens is 1. The van der Waals surface area contributed by atoms with Crippen LogP contribution in [0, 0.1) is 10.1 Å². The second-order valence-corrected chi connectivity index (χ2v) is 4.56. The molecule has 6 heteroatoms. The first-order chi connectivity index (χ1) is 9.60. The average Bonchev–Trinajstić information content (AvgIpc) is 2.45. The van der Waals surface area contributed by atoms with E-state index in [1.807, 2.05) is 12.1 Å². The number of nitrogens with zero attached hydrogens (tertiary/aromatic N) is 1. The highest BCUT2D eigenvalue weighted by molar-refractivity contribution is 6.30. The molecule has 0 saturated heterocycles. The Morgan fingerprint density at radius 2 is 2.10 bits per heavy atom. The summed E-state index contributed by atoms with van der Waals surface area (Å²) in [5.74, 6) is 0.251. The first kappa shape index (κ1) is 14.1. The van der Waals surface area contributed by atoms with Crippen LogP contribution in [-0.4, -0.2) is 12.0 Å². The highest BCUT2D eigenvalue weighted by Crippen LogP contribution is 2.27. The lowest BCUT2D eigenvalue weighted by atomic mass is 10.2. The number of nitrogens with one attached hydrogen (secondary N) is 1. The minimum absolute atomic E-state index is 0.0436. The normalized spacial score (nSPS) is 10.1. The smallest absolute Gasteiger partial charge is 0.311 e. The van der Waals surface area contributed by atoms with Gasteiger partial charge in [0.2, 0.25) is 0 Å². The summed E-state index contributed by atoms with van der Waals surface area (Å²) in [5.41, 5.74) is 1.60. The fourth-order valence-electron chi connectivity index (χ4n) is 1.79. The maximum absolute atomic E-state index is 10.9. The number of rotatable bonds is 5. The van der Waals surface area contributed by atoms with E-state index in [2.05, 4.69) is 5.32 Å². The van der Waals surface area contributed by atoms with E-state index < -0.39 is 4.92 Å². The molecule has 0 radical (unpaired) electrons. The van der Waals surface area contributed by atoms with Crippen LogP contribution in [0.25, 0.3) is 0 Å². The number of hydrogen-bond donors (Lipinski definition) is 1. The molecule has 0 fully saturated rings. The van der Waals surface area contributed by atoms with Gasteiger partial charge in [-0.15, -0.1) is 0 Å². The summed E-state index contributed by atoms with van der Waals surface area (Å²) in [6, 6.07) is 12.2. The molecule has 0 spiro atoms. The highest BCUT2D eigenvalue weighted by Gasteiger charge is 2.14. The van der Waals surface area contributed by atoms with Gasteiger partial charge in [-0.3, -0.25) is 10.1 Å². The number of nitro benzene ring substituents is 1. The lowest BCUT2D eigenvalue weighted by Crippen LogP contribution is -2.01. The number of nitro groups is 1. The van der Waals surface area contributed by atoms with E-state index >= 15 is 0 Å². The molecule has 0 saturated carbocycles. The van der Waals surface area contributed by atoms with Gasteiger partial charge in [0, 0.05) is 23.3 Å². The van der Waals surface area contributed by atoms with Crippen molar-refractivity contribution in [1.82, 2.24) is 0 Å². The minimum Gasteiger partial charge on any atom is -0.490 e. The molecule has 0 amide bonds. The lowest BCUT2D eigenvalue weighted by molar-refractivity contribution is -0.385. The lowest BCUT2D eigenvalue weighted by Gasteiger charge is -2.08. The first-order valence-electron chi connectivity index (χ1n) is 5.91. The number of anilines is 1. The third-order valence-electron chi connectivity index (χ3n) is 2.76. The van der Waals surface area contributed by atoms with Crippen LogP contribution in [0.4, 0.5) is 11.4 Å². The van der Waals surface area contributed by atoms with Crippen LogP contribution in [-0.2, 0) is 6.54 Å². The number of hydrogen-bond acceptors (Lipinski definition) is 4. The Balaban J connectivity index is 2.14. The molecule has 0 heterocycles. The van der Waals surface area contributed by atoms with Gasteiger partial charge in [0.15, 0.2) is 5.75 Å². The van der Waals surface area contributed by atoms with Crippen molar-refractivity contribution in [3.63, 3.8) is 0 Å². The van der Waals surface area contributed by atoms with Gasteiger partial charge in [-0.1, -0.05) is 23.7 Å². The van der Waals surface area contributed by atoms with Crippen LogP contribution in [0.15, 0.2) is 42.5 Å². The Morgan fingerprint density at radius 1 is 1.30 bits per heavy atom. The van der Waals surface area contributed by atoms with Gasteiger partial charge < -0.3 is 10.1 Å². The second kappa shape index (κ2) is 6.25. The van der Waals surface area contributed by atoms with Crippen molar-refractivity contribution in [2.75, 3.05) is 12.4 Å². The van der Waals surface area contributed by atoms with Crippen molar-refractivity contribution in [2.24, 2.45) is 0 Å². The van der Waals surface area contributed by atoms with E-state index in [1.165, 1.54) is 13.2 Å². The molecule has 5 nitrogen and oxygen atoms in total. The predicted octanol–water partition coefficient (Wildman–Crippen LogP) is 3.87. The van der Waals surface area contributed by atoms with Crippen molar-refractivity contribution in [3.05, 3.63) is 63.2 Å². The summed E-state index contributed by atoms with van der Waals surface area (Å²) in [7, 11) is 1.41. The van der Waals surface area contributed by atoms with Gasteiger partial charge in [-0.2, -0.15) is 0 Å². The summed E-state index contributed by atoms with van der Waals surface area (Å²) < 4.78 is 4.96. The standard InChI is InChI=1S/C14H13ClN2O3/c1-20-14-6-5-10(7-13(14)17(18)19)9-16-12-4-2-3-11(15)8-12/h2-8,16H,9H2,1H3. The predicted molar refractivity (Wildman–Crippen MR) is 78.4 cm³/mol. The largest absolute Gasteiger partial charge is 0.490 e. The number of benzene rings is 2. The van der Waals surface area contributed by atoms with Crippen molar-refractivity contribution >= 4 is 23.0 Å². The van der Waals surface area contributed by atoms with Gasteiger partial charge >= 0.3 is 5.69 Å². The van der Waals surface area contributed by atoms with E-state index in [0.717, 1.165) is 11.3 Å². The van der Waals surface area contributed by atoms with Crippen molar-refractivity contribution in [1.29, 1.82) is 0 Å². The van der Waals surface area contributed by atoms with Crippen LogP contribution in [0.1, 0.15) is 5.56 Å². The maximum Gasteiger partial charge on any atom is 0.311 e. The van der Waals surface area contributed by atoms with Crippen LogP contribution in [0.3, 0.4) is 0 Å². The van der Waals surface area contributed by atoms with Crippen LogP contribution in [0.2, 0.25) is 5.02 Å². The Morgan fingerprint density at radius 3 is 2.75 bits per heavy atom. The van der Waals surface area contributed by atoms with Gasteiger partial charge in [0.25, 0.3) is 0 Å². The summed E-state index contributed by atoms with van der Waals surface area (Å²) in [6.07, 6.45) is 0. The minimum atomic E-state index is -0.457. The van der Waals surface area contributed by atoms with Gasteiger partial charge in [0.05, 0.1) is 12.0 Å². The Labute approximate surface area is 121 Å². The van der Waals surface area contributed by atoms with Gasteiger partial charge in [0.1, 0.15) is 0 Å². The van der Waals surface area contributed by atoms with E-state index in [4.69, 9.17) is 16.3 Å². The van der Waals surface area contributed by atoms with Crippen LogP contribution >= 0.6 is 11.6 Å². The Bertz CT molecular complexity index is 632. The first-order valence-corrected chi connectivity index (χ1v) is 6.28. The molecular weight excluding hydrogens is 280 g/mol. The quantitative estimate of drug-likeness (QED) is 0.671. The zero-order valence-electron chi connectivity index (χ0n) is 10.8. The maximum atomic E-state index is 10.9. The Kier molecular flexibility index (Phi) is 4.42. The third-order valence-corrected chi connectivity index (χ3v) is 3.00. The topological polar surface area (TPSA) is 64.4 Å². The molecule has 0 aromatic heterocycles. The molecule has 0 bridgehead atoms. The molecule has 1 N–H and O–H groups in total. The summed E-state index contributed by atoms with van der Waals surface area (Å²) in [6.45, 7) is 0.463. The average molecular weight is 293 g/mol. The molecule has 0 aliphatic carbocycles. The SMILES string of the molecule is COc1ccc(CNc2cccc(Cl)c2)cc1[N+](=O)[O-]. The molecular formula is C14H13ClN2O3. The summed E-state index contributed by atoms with van der Waals surface area (Å²) in [5, 5.41) is 14.7. The zero-order valence-corrected chi connectivity index (χ0v) is 11.6. The van der Waals surface area contributed by atoms with E-state index in [0.29, 0.717) is 11.6 Å². The molecule has 0 atom stereocenters. The van der Waals surface area contributed by atoms with E-state index in [9.17, 15) is 10.1 Å². The third kappa shape index (κ3) is 3.39. The van der Waals surface area contributed by atoms with E-state index in [-0.39, 0.29) is 11.4 Å². The molecule has 2 rings (SSSR count). The fraction of sp³-hybridized carbons (Fsp3) is 0.143. The zero-order chi connectivity index (χ0) is 14.5. The summed E-state index contributed by atoms with van der Waals surface area (Å²) >= 11 is 5.89. The monoisotopic (exact) mass is 292 g/mol. The van der Waals surface area contributed by atoms with Crippen molar-refractivity contribution in [3.8, 4) is 5.75 Å². The Hall–Kier alpha value is -2.27. The molecule has 2 aromatic carbocycles. The van der Waals surface area contributed by atoms with Gasteiger partial charge in [-0.05, 0) is 29.8 Å². The molecule has 0 unspecified atom stereocenters. The molecule has 2 aromatic rings. The molecule has 0 aliphatic heterocycles. The molecule has 0 aliphatic rings. The van der Waals surface area contributed by atoms with Crippen LogP contribution in [0.5, 0.6) is 5.75 Å². The van der Waals surface area contributed by atoms with Gasteiger partial charge in [-0.25, -0.2) is 0 Å². The number of methoxy groups -OCH3 is 1. The molecule has 104 valence electrons. The highest BCUT2D eigenvalue weighted by atomic mass is 35.5. The summed E-state index contributed by atoms with van der Waals surface area (Å²) in [4.78, 5) is 10.5. The van der Waals surface area contributed by atoms with Crippen molar-refractivity contribution < 1.29 is 9.66 Å². The molecule has 20 heavy (non-hydrogen) atoms. The fourth-order valence-corrected chi connectivity index (χ4v) is 1.98. The second-order valence-electron chi connectivity index (χ2n) is 4.13. The number of ether oxygens (including phenoxy) is 1. The van der Waals surface area contributed by atoms with E-state index in [1.54, 1.807) is 24.3 Å². The van der Waals surface area contributed by atoms with Crippen LogP contribution < -0.4 is 10.1 Å². The van der Waals surface area contributed by atoms with Crippen molar-refractivity contribution in [2.45, 2.75) is 6.54 Å².